The number of benzene rings is 3. The first-order valence-electron chi connectivity index (χ1n) is 11.1. The molecule has 1 aliphatic heterocycles. The monoisotopic (exact) mass is 546 g/mol. The van der Waals surface area contributed by atoms with Crippen molar-refractivity contribution >= 4 is 49.9 Å². The van der Waals surface area contributed by atoms with Crippen molar-refractivity contribution in [2.75, 3.05) is 14.2 Å². The highest BCUT2D eigenvalue weighted by Crippen LogP contribution is 2.37. The van der Waals surface area contributed by atoms with Gasteiger partial charge in [-0.15, -0.1) is 0 Å². The Bertz CT molecular complexity index is 1500. The summed E-state index contributed by atoms with van der Waals surface area (Å²) >= 11 is 9.18. The molecule has 8 heteroatoms. The summed E-state index contributed by atoms with van der Waals surface area (Å²) in [7, 11) is 3.42. The van der Waals surface area contributed by atoms with E-state index < -0.39 is 0 Å². The first-order valence-corrected chi connectivity index (χ1v) is 12.3. The molecule has 1 aromatic heterocycles. The van der Waals surface area contributed by atoms with Crippen LogP contribution in [0.2, 0.25) is 0 Å². The van der Waals surface area contributed by atoms with Gasteiger partial charge in [0.1, 0.15) is 5.75 Å². The number of aromatic amines is 1. The van der Waals surface area contributed by atoms with Crippen molar-refractivity contribution in [1.29, 1.82) is 0 Å². The van der Waals surface area contributed by atoms with Gasteiger partial charge in [0.2, 0.25) is 0 Å². The molecule has 3 aromatic carbocycles. The van der Waals surface area contributed by atoms with Crippen LogP contribution in [0.3, 0.4) is 0 Å². The Hall–Kier alpha value is -3.49. The number of fused-ring (bicyclic) bond motifs is 1. The Labute approximate surface area is 216 Å². The maximum absolute atomic E-state index is 13.5. The number of nitrogens with zero attached hydrogens (tertiary/aromatic N) is 2. The first kappa shape index (κ1) is 23.3. The summed E-state index contributed by atoms with van der Waals surface area (Å²) in [6.07, 6.45) is 0.524. The Morgan fingerprint density at radius 1 is 1.11 bits per heavy atom. The predicted molar refractivity (Wildman–Crippen MR) is 148 cm³/mol. The maximum atomic E-state index is 13.5. The fraction of sp³-hybridized carbons (Fsp3) is 0.148. The molecule has 0 saturated carbocycles. The number of thiocarbonyl (C=S) groups is 1. The highest BCUT2D eigenvalue weighted by atomic mass is 79.9. The van der Waals surface area contributed by atoms with Crippen LogP contribution in [0.4, 0.5) is 0 Å². The van der Waals surface area contributed by atoms with Crippen LogP contribution in [0.5, 0.6) is 5.75 Å². The topological polar surface area (TPSA) is 69.7 Å². The number of methoxy groups -OCH3 is 1. The van der Waals surface area contributed by atoms with Crippen molar-refractivity contribution < 1.29 is 4.74 Å². The number of hydrogen-bond donors (Lipinski definition) is 2. The second-order valence-corrected chi connectivity index (χ2v) is 9.50. The number of hydrogen-bond acceptors (Lipinski definition) is 4. The normalized spacial score (nSPS) is 15.2. The van der Waals surface area contributed by atoms with E-state index in [0.29, 0.717) is 22.8 Å². The second kappa shape index (κ2) is 9.64. The molecule has 4 aromatic rings. The van der Waals surface area contributed by atoms with E-state index >= 15 is 0 Å². The lowest BCUT2D eigenvalue weighted by Gasteiger charge is -2.23. The molecular weight excluding hydrogens is 524 g/mol. The molecule has 1 unspecified atom stereocenters. The van der Waals surface area contributed by atoms with Gasteiger partial charge >= 0.3 is 0 Å². The minimum atomic E-state index is -0.178. The number of hydrazone groups is 1. The van der Waals surface area contributed by atoms with Crippen molar-refractivity contribution in [2.24, 2.45) is 5.10 Å². The van der Waals surface area contributed by atoms with Gasteiger partial charge in [0.25, 0.3) is 5.56 Å². The van der Waals surface area contributed by atoms with Gasteiger partial charge in [-0.2, -0.15) is 5.10 Å². The summed E-state index contributed by atoms with van der Waals surface area (Å²) in [5.41, 5.74) is 4.68. The summed E-state index contributed by atoms with van der Waals surface area (Å²) < 4.78 is 6.25. The molecule has 0 fully saturated rings. The lowest BCUT2D eigenvalue weighted by Crippen LogP contribution is -2.34. The number of nitrogens with one attached hydrogen (secondary N) is 2. The predicted octanol–water partition coefficient (Wildman–Crippen LogP) is 5.62. The summed E-state index contributed by atoms with van der Waals surface area (Å²) in [6, 6.07) is 23.5. The molecule has 0 bridgehead atoms. The summed E-state index contributed by atoms with van der Waals surface area (Å²) in [6.45, 7) is 0. The molecule has 0 aliphatic carbocycles. The van der Waals surface area contributed by atoms with Crippen LogP contribution < -0.4 is 15.6 Å². The molecule has 0 spiro atoms. The third-order valence-electron chi connectivity index (χ3n) is 6.16. The van der Waals surface area contributed by atoms with Crippen molar-refractivity contribution in [2.45, 2.75) is 12.5 Å². The molecule has 176 valence electrons. The van der Waals surface area contributed by atoms with E-state index in [9.17, 15) is 4.79 Å². The molecule has 2 N–H and O–H groups in total. The number of halogens is 1. The molecule has 0 amide bonds. The van der Waals surface area contributed by atoms with E-state index in [1.807, 2.05) is 72.8 Å². The Kier molecular flexibility index (Phi) is 6.40. The van der Waals surface area contributed by atoms with E-state index in [0.717, 1.165) is 37.8 Å². The minimum Gasteiger partial charge on any atom is -0.497 e. The first-order chi connectivity index (χ1) is 17.0. The van der Waals surface area contributed by atoms with E-state index in [1.54, 1.807) is 19.2 Å². The van der Waals surface area contributed by atoms with Crippen molar-refractivity contribution in [3.8, 4) is 16.9 Å². The number of H-pyrrole nitrogens is 1. The average Bonchev–Trinajstić information content (AvgIpc) is 3.33. The van der Waals surface area contributed by atoms with E-state index in [1.165, 1.54) is 0 Å². The van der Waals surface area contributed by atoms with Crippen LogP contribution in [0, 0.1) is 0 Å². The SMILES string of the molecule is CNC(=S)N1N=C(c2c(-c3ccccc3)c3cc(Br)ccc3[nH]c2=O)CC1c1ccc(OC)cc1. The zero-order chi connectivity index (χ0) is 24.5. The standard InChI is InChI=1S/C27H23BrN4O2S/c1-29-27(35)32-23(16-8-11-19(34-2)12-9-16)15-22(31-32)25-24(17-6-4-3-5-7-17)20-14-18(28)10-13-21(20)30-26(25)33/h3-14,23H,15H2,1-2H3,(H,29,35)(H,30,33). The van der Waals surface area contributed by atoms with Crippen LogP contribution in [0.25, 0.3) is 22.0 Å². The lowest BCUT2D eigenvalue weighted by atomic mass is 9.91. The van der Waals surface area contributed by atoms with Crippen LogP contribution in [0.1, 0.15) is 23.6 Å². The third-order valence-corrected chi connectivity index (χ3v) is 7.04. The molecule has 0 radical (unpaired) electrons. The third kappa shape index (κ3) is 4.35. The average molecular weight is 547 g/mol. The highest BCUT2D eigenvalue weighted by Gasteiger charge is 2.34. The maximum Gasteiger partial charge on any atom is 0.258 e. The fourth-order valence-corrected chi connectivity index (χ4v) is 5.02. The number of aromatic nitrogens is 1. The number of rotatable bonds is 4. The molecule has 6 nitrogen and oxygen atoms in total. The van der Waals surface area contributed by atoms with Crippen LogP contribution in [-0.2, 0) is 0 Å². The molecule has 35 heavy (non-hydrogen) atoms. The van der Waals surface area contributed by atoms with E-state index in [4.69, 9.17) is 22.1 Å². The molecule has 5 rings (SSSR count). The quantitative estimate of drug-likeness (QED) is 0.325. The lowest BCUT2D eigenvalue weighted by molar-refractivity contribution is 0.365. The van der Waals surface area contributed by atoms with Crippen LogP contribution >= 0.6 is 28.1 Å². The van der Waals surface area contributed by atoms with Gasteiger partial charge in [-0.3, -0.25) is 4.79 Å². The van der Waals surface area contributed by atoms with E-state index in [-0.39, 0.29) is 11.6 Å². The van der Waals surface area contributed by atoms with Crippen molar-refractivity contribution in [3.05, 3.63) is 98.7 Å². The molecule has 2 heterocycles. The van der Waals surface area contributed by atoms with Crippen LogP contribution in [0.15, 0.2) is 87.2 Å². The minimum absolute atomic E-state index is 0.155. The van der Waals surface area contributed by atoms with Gasteiger partial charge in [-0.25, -0.2) is 5.01 Å². The Balaban J connectivity index is 1.71. The van der Waals surface area contributed by atoms with Gasteiger partial charge in [0.15, 0.2) is 5.11 Å². The van der Waals surface area contributed by atoms with Crippen molar-refractivity contribution in [1.82, 2.24) is 15.3 Å². The number of ether oxygens (including phenoxy) is 1. The zero-order valence-electron chi connectivity index (χ0n) is 19.2. The second-order valence-electron chi connectivity index (χ2n) is 8.20. The van der Waals surface area contributed by atoms with Crippen LogP contribution in [-0.4, -0.2) is 35.0 Å². The highest BCUT2D eigenvalue weighted by molar-refractivity contribution is 9.10. The zero-order valence-corrected chi connectivity index (χ0v) is 21.6. The van der Waals surface area contributed by atoms with Crippen molar-refractivity contribution in [3.63, 3.8) is 0 Å². The van der Waals surface area contributed by atoms with Gasteiger partial charge in [0, 0.05) is 34.4 Å². The largest absolute Gasteiger partial charge is 0.497 e. The van der Waals surface area contributed by atoms with Gasteiger partial charge in [-0.05, 0) is 53.7 Å². The molecule has 1 atom stereocenters. The summed E-state index contributed by atoms with van der Waals surface area (Å²) in [4.78, 5) is 16.6. The van der Waals surface area contributed by atoms with Gasteiger partial charge in [-0.1, -0.05) is 58.4 Å². The molecule has 1 aliphatic rings. The summed E-state index contributed by atoms with van der Waals surface area (Å²) in [5, 5.41) is 11.1. The summed E-state index contributed by atoms with van der Waals surface area (Å²) in [5.74, 6) is 0.776. The fourth-order valence-electron chi connectivity index (χ4n) is 4.49. The Morgan fingerprint density at radius 3 is 2.54 bits per heavy atom. The van der Waals surface area contributed by atoms with Gasteiger partial charge in [0.05, 0.1) is 24.4 Å². The van der Waals surface area contributed by atoms with Gasteiger partial charge < -0.3 is 15.0 Å². The number of pyridine rings is 1. The molecular formula is C27H23BrN4O2S. The van der Waals surface area contributed by atoms with E-state index in [2.05, 4.69) is 26.2 Å². The smallest absolute Gasteiger partial charge is 0.258 e. The Morgan fingerprint density at radius 2 is 1.86 bits per heavy atom. The molecule has 0 saturated heterocycles.